The Morgan fingerprint density at radius 3 is 2.65 bits per heavy atom. The molecule has 5 rings (SSSR count). The van der Waals surface area contributed by atoms with Crippen molar-refractivity contribution in [2.45, 2.75) is 6.92 Å². The van der Waals surface area contributed by atoms with E-state index < -0.39 is 11.4 Å². The Morgan fingerprint density at radius 2 is 2.00 bits per heavy atom. The first-order valence-corrected chi connectivity index (χ1v) is 10.2. The van der Waals surface area contributed by atoms with Gasteiger partial charge in [0.25, 0.3) is 11.4 Å². The first-order valence-electron chi connectivity index (χ1n) is 10.2. The van der Waals surface area contributed by atoms with E-state index in [9.17, 15) is 14.4 Å². The summed E-state index contributed by atoms with van der Waals surface area (Å²) in [6.45, 7) is 1.86. The number of pyridine rings is 1. The molecule has 0 saturated carbocycles. The average molecular weight is 453 g/mol. The number of ether oxygens (including phenoxy) is 1. The van der Waals surface area contributed by atoms with Crippen molar-refractivity contribution in [2.24, 2.45) is 0 Å². The summed E-state index contributed by atoms with van der Waals surface area (Å²) in [5.41, 5.74) is 2.37. The van der Waals surface area contributed by atoms with Crippen molar-refractivity contribution in [3.63, 3.8) is 0 Å². The average Bonchev–Trinajstić information content (AvgIpc) is 3.39. The lowest BCUT2D eigenvalue weighted by atomic mass is 10.0. The van der Waals surface area contributed by atoms with E-state index in [1.54, 1.807) is 12.3 Å². The number of nitriles is 1. The van der Waals surface area contributed by atoms with Crippen LogP contribution in [0.5, 0.6) is 5.75 Å². The van der Waals surface area contributed by atoms with E-state index in [0.29, 0.717) is 16.6 Å². The molecule has 0 aliphatic rings. The first kappa shape index (κ1) is 21.0. The Morgan fingerprint density at radius 1 is 1.15 bits per heavy atom. The van der Waals surface area contributed by atoms with Crippen molar-refractivity contribution in [1.29, 1.82) is 5.26 Å². The van der Waals surface area contributed by atoms with E-state index >= 15 is 0 Å². The molecule has 0 atom stereocenters. The van der Waals surface area contributed by atoms with E-state index in [1.165, 1.54) is 48.4 Å². The van der Waals surface area contributed by atoms with Gasteiger partial charge >= 0.3 is 0 Å². The summed E-state index contributed by atoms with van der Waals surface area (Å²) >= 11 is 0. The van der Waals surface area contributed by atoms with Crippen LogP contribution in [0.15, 0.2) is 70.3 Å². The van der Waals surface area contributed by atoms with Gasteiger partial charge in [-0.25, -0.2) is 14.4 Å². The van der Waals surface area contributed by atoms with E-state index in [4.69, 9.17) is 14.1 Å². The molecule has 2 aromatic carbocycles. The van der Waals surface area contributed by atoms with Gasteiger partial charge < -0.3 is 9.15 Å². The Balaban J connectivity index is 1.90. The zero-order valence-electron chi connectivity index (χ0n) is 18.1. The Labute approximate surface area is 192 Å². The molecule has 0 aliphatic heterocycles. The Kier molecular flexibility index (Phi) is 5.11. The molecule has 166 valence electrons. The van der Waals surface area contributed by atoms with Crippen LogP contribution in [0.25, 0.3) is 39.4 Å². The number of benzene rings is 2. The van der Waals surface area contributed by atoms with Crippen molar-refractivity contribution in [3.05, 3.63) is 88.5 Å². The Hall–Kier alpha value is -4.84. The van der Waals surface area contributed by atoms with Crippen LogP contribution in [-0.4, -0.2) is 26.6 Å². The van der Waals surface area contributed by atoms with Gasteiger partial charge in [-0.3, -0.25) is 14.3 Å². The zero-order valence-corrected chi connectivity index (χ0v) is 18.1. The molecule has 0 N–H and O–H groups in total. The smallest absolute Gasteiger partial charge is 0.266 e. The van der Waals surface area contributed by atoms with Crippen LogP contribution in [0.3, 0.4) is 0 Å². The number of nitrogens with zero attached hydrogens (tertiary/aromatic N) is 5. The van der Waals surface area contributed by atoms with Crippen molar-refractivity contribution in [1.82, 2.24) is 19.5 Å². The van der Waals surface area contributed by atoms with Crippen LogP contribution in [0, 0.1) is 24.1 Å². The van der Waals surface area contributed by atoms with Crippen molar-refractivity contribution < 1.29 is 13.5 Å². The minimum absolute atomic E-state index is 0.0316. The second kappa shape index (κ2) is 8.26. The highest BCUT2D eigenvalue weighted by Gasteiger charge is 2.21. The maximum Gasteiger partial charge on any atom is 0.266 e. The van der Waals surface area contributed by atoms with Crippen molar-refractivity contribution in [3.8, 4) is 40.3 Å². The molecule has 3 aromatic heterocycles. The summed E-state index contributed by atoms with van der Waals surface area (Å²) in [6, 6.07) is 13.0. The summed E-state index contributed by atoms with van der Waals surface area (Å²) in [6.07, 6.45) is 4.44. The van der Waals surface area contributed by atoms with E-state index in [0.717, 1.165) is 5.69 Å². The standard InChI is InChI=1S/C25H16FN5O3/c1-14-3-4-16(13-29-14)18-9-15(12-27)10-19-22(18)30-23(24-28-7-8-34-24)31(25(19)32)17-5-6-21(33-2)20(26)11-17/h3-11,13H,1-2H3. The van der Waals surface area contributed by atoms with Gasteiger partial charge in [0, 0.05) is 29.1 Å². The molecule has 0 aliphatic carbocycles. The SMILES string of the molecule is COc1ccc(-n2c(-c3ncco3)nc3c(-c4ccc(C)nc4)cc(C#N)cc3c2=O)cc1F. The molecular formula is C25H16FN5O3. The molecule has 34 heavy (non-hydrogen) atoms. The number of aromatic nitrogens is 4. The Bertz CT molecular complexity index is 1640. The van der Waals surface area contributed by atoms with Gasteiger partial charge in [0.05, 0.1) is 41.5 Å². The lowest BCUT2D eigenvalue weighted by Crippen LogP contribution is -2.22. The number of fused-ring (bicyclic) bond motifs is 1. The van der Waals surface area contributed by atoms with E-state index in [1.807, 2.05) is 19.1 Å². The normalized spacial score (nSPS) is 10.9. The number of aryl methyl sites for hydroxylation is 1. The number of hydrogen-bond donors (Lipinski definition) is 0. The number of hydrogen-bond acceptors (Lipinski definition) is 7. The predicted octanol–water partition coefficient (Wildman–Crippen LogP) is 4.43. The fraction of sp³-hybridized carbons (Fsp3) is 0.0800. The zero-order chi connectivity index (χ0) is 23.8. The second-order valence-corrected chi connectivity index (χ2v) is 7.45. The quantitative estimate of drug-likeness (QED) is 0.396. The molecule has 3 heterocycles. The molecule has 0 bridgehead atoms. The maximum atomic E-state index is 14.5. The summed E-state index contributed by atoms with van der Waals surface area (Å²) in [5.74, 6) is -0.461. The summed E-state index contributed by atoms with van der Waals surface area (Å²) in [7, 11) is 1.35. The van der Waals surface area contributed by atoms with Crippen molar-refractivity contribution in [2.75, 3.05) is 7.11 Å². The monoisotopic (exact) mass is 453 g/mol. The molecule has 0 fully saturated rings. The summed E-state index contributed by atoms with van der Waals surface area (Å²) in [5, 5.41) is 9.79. The molecule has 5 aromatic rings. The number of methoxy groups -OCH3 is 1. The molecule has 0 saturated heterocycles. The fourth-order valence-corrected chi connectivity index (χ4v) is 3.71. The molecule has 0 unspecified atom stereocenters. The largest absolute Gasteiger partial charge is 0.494 e. The maximum absolute atomic E-state index is 14.5. The van der Waals surface area contributed by atoms with Crippen molar-refractivity contribution >= 4 is 10.9 Å². The van der Waals surface area contributed by atoms with Crippen LogP contribution in [-0.2, 0) is 0 Å². The summed E-state index contributed by atoms with van der Waals surface area (Å²) < 4.78 is 26.2. The fourth-order valence-electron chi connectivity index (χ4n) is 3.71. The third-order valence-corrected chi connectivity index (χ3v) is 5.34. The van der Waals surface area contributed by atoms with Crippen LogP contribution in [0.4, 0.5) is 4.39 Å². The number of halogens is 1. The van der Waals surface area contributed by atoms with Gasteiger partial charge in [-0.05, 0) is 37.3 Å². The molecule has 0 amide bonds. The lowest BCUT2D eigenvalue weighted by Gasteiger charge is -2.15. The third-order valence-electron chi connectivity index (χ3n) is 5.34. The highest BCUT2D eigenvalue weighted by atomic mass is 19.1. The topological polar surface area (TPSA) is 107 Å². The minimum atomic E-state index is -0.650. The van der Waals surface area contributed by atoms with Gasteiger partial charge in [-0.15, -0.1) is 0 Å². The first-order chi connectivity index (χ1) is 16.5. The molecule has 0 spiro atoms. The highest BCUT2D eigenvalue weighted by Crippen LogP contribution is 2.30. The van der Waals surface area contributed by atoms with Gasteiger partial charge in [-0.2, -0.15) is 5.26 Å². The van der Waals surface area contributed by atoms with Gasteiger partial charge in [0.2, 0.25) is 5.82 Å². The second-order valence-electron chi connectivity index (χ2n) is 7.45. The number of oxazole rings is 1. The third kappa shape index (κ3) is 3.47. The predicted molar refractivity (Wildman–Crippen MR) is 122 cm³/mol. The van der Waals surface area contributed by atoms with Crippen LogP contribution < -0.4 is 10.3 Å². The lowest BCUT2D eigenvalue weighted by molar-refractivity contribution is 0.386. The van der Waals surface area contributed by atoms with Gasteiger partial charge in [-0.1, -0.05) is 6.07 Å². The molecular weight excluding hydrogens is 437 g/mol. The highest BCUT2D eigenvalue weighted by molar-refractivity contribution is 5.95. The molecule has 0 radical (unpaired) electrons. The molecule has 8 nitrogen and oxygen atoms in total. The van der Waals surface area contributed by atoms with Crippen LogP contribution >= 0.6 is 0 Å². The van der Waals surface area contributed by atoms with Crippen LogP contribution in [0.2, 0.25) is 0 Å². The van der Waals surface area contributed by atoms with Crippen LogP contribution in [0.1, 0.15) is 11.3 Å². The van der Waals surface area contributed by atoms with E-state index in [-0.39, 0.29) is 34.1 Å². The number of rotatable bonds is 4. The van der Waals surface area contributed by atoms with Gasteiger partial charge in [0.15, 0.2) is 11.6 Å². The summed E-state index contributed by atoms with van der Waals surface area (Å²) in [4.78, 5) is 27.0. The van der Waals surface area contributed by atoms with E-state index in [2.05, 4.69) is 16.0 Å². The molecule has 9 heteroatoms. The van der Waals surface area contributed by atoms with Gasteiger partial charge in [0.1, 0.15) is 6.26 Å². The minimum Gasteiger partial charge on any atom is -0.494 e.